The maximum absolute atomic E-state index is 11.6. The maximum Gasteiger partial charge on any atom is 0.215 e. The summed E-state index contributed by atoms with van der Waals surface area (Å²) < 4.78 is 25.6. The molecule has 0 radical (unpaired) electrons. The summed E-state index contributed by atoms with van der Waals surface area (Å²) in [6.45, 7) is 5.70. The summed E-state index contributed by atoms with van der Waals surface area (Å²) in [5.74, 6) is 0.00835. The highest BCUT2D eigenvalue weighted by molar-refractivity contribution is 7.88. The lowest BCUT2D eigenvalue weighted by atomic mass is 10.1. The molecule has 23 heavy (non-hydrogen) atoms. The molecule has 5 heteroatoms. The molecule has 0 aliphatic heterocycles. The standard InChI is InChI=1S/C18H24N2O2S/c1-14-7-15(2)9-18(8-14)12-20-11-16-5-4-6-17(10-16)13-23(21,22)19-3/h4-10,19-20H,11-13H2,1-3H3. The number of hydrogen-bond acceptors (Lipinski definition) is 3. The molecule has 0 bridgehead atoms. The largest absolute Gasteiger partial charge is 0.309 e. The normalized spacial score (nSPS) is 11.6. The van der Waals surface area contributed by atoms with Gasteiger partial charge in [0, 0.05) is 13.1 Å². The predicted octanol–water partition coefficient (Wildman–Crippen LogP) is 2.64. The van der Waals surface area contributed by atoms with Crippen LogP contribution in [-0.2, 0) is 28.9 Å². The van der Waals surface area contributed by atoms with Crippen LogP contribution < -0.4 is 10.0 Å². The molecule has 0 aliphatic carbocycles. The summed E-state index contributed by atoms with van der Waals surface area (Å²) in [5, 5.41) is 3.41. The van der Waals surface area contributed by atoms with Crippen LogP contribution in [0.2, 0.25) is 0 Å². The van der Waals surface area contributed by atoms with Gasteiger partial charge in [0.25, 0.3) is 0 Å². The van der Waals surface area contributed by atoms with Crippen LogP contribution in [0.15, 0.2) is 42.5 Å². The average Bonchev–Trinajstić information content (AvgIpc) is 2.46. The van der Waals surface area contributed by atoms with Crippen molar-refractivity contribution in [2.75, 3.05) is 7.05 Å². The first-order chi connectivity index (χ1) is 10.9. The van der Waals surface area contributed by atoms with Crippen LogP contribution in [0.25, 0.3) is 0 Å². The number of rotatable bonds is 7. The fraction of sp³-hybridized carbons (Fsp3) is 0.333. The number of sulfonamides is 1. The Morgan fingerprint density at radius 1 is 0.870 bits per heavy atom. The van der Waals surface area contributed by atoms with E-state index in [1.54, 1.807) is 0 Å². The van der Waals surface area contributed by atoms with Gasteiger partial charge in [-0.2, -0.15) is 0 Å². The predicted molar refractivity (Wildman–Crippen MR) is 94.6 cm³/mol. The second kappa shape index (κ2) is 7.73. The van der Waals surface area contributed by atoms with E-state index < -0.39 is 10.0 Å². The molecule has 0 amide bonds. The molecule has 0 saturated carbocycles. The molecular weight excluding hydrogens is 308 g/mol. The minimum atomic E-state index is -3.23. The first-order valence-electron chi connectivity index (χ1n) is 7.65. The van der Waals surface area contributed by atoms with Crippen LogP contribution >= 0.6 is 0 Å². The molecule has 2 rings (SSSR count). The Bertz CT molecular complexity index is 750. The highest BCUT2D eigenvalue weighted by atomic mass is 32.2. The van der Waals surface area contributed by atoms with Gasteiger partial charge < -0.3 is 5.32 Å². The molecule has 2 N–H and O–H groups in total. The fourth-order valence-corrected chi connectivity index (χ4v) is 3.41. The van der Waals surface area contributed by atoms with Crippen LogP contribution in [0.4, 0.5) is 0 Å². The lowest BCUT2D eigenvalue weighted by Gasteiger charge is -2.09. The van der Waals surface area contributed by atoms with E-state index in [9.17, 15) is 8.42 Å². The number of nitrogens with one attached hydrogen (secondary N) is 2. The molecule has 0 heterocycles. The Kier molecular flexibility index (Phi) is 5.93. The minimum Gasteiger partial charge on any atom is -0.309 e. The molecule has 0 aliphatic rings. The van der Waals surface area contributed by atoms with E-state index in [0.717, 1.165) is 17.7 Å². The van der Waals surface area contributed by atoms with Crippen LogP contribution in [0.1, 0.15) is 27.8 Å². The van der Waals surface area contributed by atoms with Crippen molar-refractivity contribution in [2.45, 2.75) is 32.7 Å². The summed E-state index contributed by atoms with van der Waals surface area (Å²) in [5.41, 5.74) is 5.67. The second-order valence-electron chi connectivity index (χ2n) is 5.88. The Morgan fingerprint density at radius 3 is 2.13 bits per heavy atom. The molecular formula is C18H24N2O2S. The molecule has 4 nitrogen and oxygen atoms in total. The number of benzene rings is 2. The Morgan fingerprint density at radius 2 is 1.48 bits per heavy atom. The third-order valence-electron chi connectivity index (χ3n) is 3.60. The van der Waals surface area contributed by atoms with E-state index in [-0.39, 0.29) is 5.75 Å². The molecule has 2 aromatic rings. The van der Waals surface area contributed by atoms with Gasteiger partial charge >= 0.3 is 0 Å². The van der Waals surface area contributed by atoms with Gasteiger partial charge in [0.05, 0.1) is 5.75 Å². The summed E-state index contributed by atoms with van der Waals surface area (Å²) in [7, 11) is -1.80. The van der Waals surface area contributed by atoms with Gasteiger partial charge in [0.1, 0.15) is 0 Å². The summed E-state index contributed by atoms with van der Waals surface area (Å²) >= 11 is 0. The van der Waals surface area contributed by atoms with Crippen LogP contribution in [0.3, 0.4) is 0 Å². The Labute approximate surface area is 139 Å². The van der Waals surface area contributed by atoms with E-state index >= 15 is 0 Å². The SMILES string of the molecule is CNS(=O)(=O)Cc1cccc(CNCc2cc(C)cc(C)c2)c1. The second-order valence-corrected chi connectivity index (χ2v) is 7.81. The molecule has 0 fully saturated rings. The fourth-order valence-electron chi connectivity index (χ4n) is 2.64. The lowest BCUT2D eigenvalue weighted by molar-refractivity contribution is 0.587. The van der Waals surface area contributed by atoms with Crippen LogP contribution in [0.5, 0.6) is 0 Å². The van der Waals surface area contributed by atoms with E-state index in [1.165, 1.54) is 23.7 Å². The van der Waals surface area contributed by atoms with Crippen LogP contribution in [0, 0.1) is 13.8 Å². The van der Waals surface area contributed by atoms with Gasteiger partial charge in [-0.05, 0) is 37.6 Å². The Hall–Kier alpha value is -1.69. The summed E-state index contributed by atoms with van der Waals surface area (Å²) in [6, 6.07) is 14.2. The topological polar surface area (TPSA) is 58.2 Å². The van der Waals surface area contributed by atoms with Gasteiger partial charge in [-0.15, -0.1) is 0 Å². The van der Waals surface area contributed by atoms with Gasteiger partial charge in [0.2, 0.25) is 10.0 Å². The minimum absolute atomic E-state index is 0.00835. The van der Waals surface area contributed by atoms with Gasteiger partial charge in [-0.3, -0.25) is 0 Å². The van der Waals surface area contributed by atoms with Crippen molar-refractivity contribution in [3.8, 4) is 0 Å². The van der Waals surface area contributed by atoms with Gasteiger partial charge in [0.15, 0.2) is 0 Å². The maximum atomic E-state index is 11.6. The van der Waals surface area contributed by atoms with Gasteiger partial charge in [-0.25, -0.2) is 13.1 Å². The number of aryl methyl sites for hydroxylation is 2. The molecule has 0 atom stereocenters. The molecule has 0 spiro atoms. The number of hydrogen-bond donors (Lipinski definition) is 2. The van der Waals surface area contributed by atoms with Crippen molar-refractivity contribution in [3.63, 3.8) is 0 Å². The quantitative estimate of drug-likeness (QED) is 0.819. The van der Waals surface area contributed by atoms with Crippen molar-refractivity contribution < 1.29 is 8.42 Å². The van der Waals surface area contributed by atoms with Crippen LogP contribution in [-0.4, -0.2) is 15.5 Å². The molecule has 2 aromatic carbocycles. The highest BCUT2D eigenvalue weighted by Gasteiger charge is 2.08. The summed E-state index contributed by atoms with van der Waals surface area (Å²) in [6.07, 6.45) is 0. The lowest BCUT2D eigenvalue weighted by Crippen LogP contribution is -2.20. The monoisotopic (exact) mass is 332 g/mol. The molecule has 124 valence electrons. The van der Waals surface area contributed by atoms with E-state index in [0.29, 0.717) is 6.54 Å². The highest BCUT2D eigenvalue weighted by Crippen LogP contribution is 2.11. The third kappa shape index (κ3) is 5.78. The smallest absolute Gasteiger partial charge is 0.215 e. The zero-order chi connectivity index (χ0) is 16.9. The average molecular weight is 332 g/mol. The third-order valence-corrected chi connectivity index (χ3v) is 4.93. The van der Waals surface area contributed by atoms with E-state index in [1.807, 2.05) is 24.3 Å². The molecule has 0 unspecified atom stereocenters. The molecule has 0 aromatic heterocycles. The van der Waals surface area contributed by atoms with E-state index in [2.05, 4.69) is 42.1 Å². The van der Waals surface area contributed by atoms with Crippen molar-refractivity contribution in [3.05, 3.63) is 70.3 Å². The van der Waals surface area contributed by atoms with Gasteiger partial charge in [-0.1, -0.05) is 53.6 Å². The zero-order valence-corrected chi connectivity index (χ0v) is 14.7. The van der Waals surface area contributed by atoms with E-state index in [4.69, 9.17) is 0 Å². The first-order valence-corrected chi connectivity index (χ1v) is 9.30. The first kappa shape index (κ1) is 17.7. The van der Waals surface area contributed by atoms with Crippen molar-refractivity contribution in [1.29, 1.82) is 0 Å². The van der Waals surface area contributed by atoms with Crippen molar-refractivity contribution in [1.82, 2.24) is 10.0 Å². The van der Waals surface area contributed by atoms with Crippen molar-refractivity contribution in [2.24, 2.45) is 0 Å². The zero-order valence-electron chi connectivity index (χ0n) is 13.9. The van der Waals surface area contributed by atoms with Crippen molar-refractivity contribution >= 4 is 10.0 Å². The summed E-state index contributed by atoms with van der Waals surface area (Å²) in [4.78, 5) is 0. The molecule has 0 saturated heterocycles. The Balaban J connectivity index is 1.96.